The molecule has 0 amide bonds. The van der Waals surface area contributed by atoms with Gasteiger partial charge in [0.2, 0.25) is 0 Å². The Bertz CT molecular complexity index is 1420. The molecule has 5 nitrogen and oxygen atoms in total. The SMILES string of the molecule is Br.Clc1ccc(C(OCc2ccc(Cl)cc2Cl)C(Cl)N2C=CN(CCOc3ccc4ccccc4c3)C2)cc1.O. The highest BCUT2D eigenvalue weighted by Gasteiger charge is 2.29. The number of alkyl halides is 1. The predicted molar refractivity (Wildman–Crippen MR) is 171 cm³/mol. The summed E-state index contributed by atoms with van der Waals surface area (Å²) >= 11 is 25.6. The van der Waals surface area contributed by atoms with E-state index in [1.165, 1.54) is 5.39 Å². The van der Waals surface area contributed by atoms with E-state index in [1.54, 1.807) is 12.1 Å². The second-order valence-electron chi connectivity index (χ2n) is 9.02. The molecular formula is C30H29BrCl4N2O3. The standard InChI is InChI=1S/C30H26Cl4N2O2.BrH.H2O/c31-25-9-5-22(6-10-25)29(38-19-24-7-11-26(32)18-28(24)33)30(34)36-14-13-35(20-36)15-16-37-27-12-8-21-3-1-2-4-23(21)17-27;;/h1-14,17-18,29-30H,15-16,19-20H2;1H;1H2. The van der Waals surface area contributed by atoms with Crippen LogP contribution in [-0.4, -0.2) is 40.6 Å². The molecule has 2 atom stereocenters. The van der Waals surface area contributed by atoms with Crippen LogP contribution >= 0.6 is 63.4 Å². The van der Waals surface area contributed by atoms with Crippen molar-refractivity contribution in [3.8, 4) is 5.75 Å². The minimum Gasteiger partial charge on any atom is -0.492 e. The van der Waals surface area contributed by atoms with Crippen LogP contribution in [0.5, 0.6) is 5.75 Å². The summed E-state index contributed by atoms with van der Waals surface area (Å²) in [5.74, 6) is 0.857. The van der Waals surface area contributed by atoms with Crippen LogP contribution in [0.3, 0.4) is 0 Å². The molecule has 2 unspecified atom stereocenters. The van der Waals surface area contributed by atoms with E-state index in [-0.39, 0.29) is 29.1 Å². The third-order valence-corrected chi connectivity index (χ3v) is 7.70. The van der Waals surface area contributed by atoms with Crippen LogP contribution in [0, 0.1) is 0 Å². The summed E-state index contributed by atoms with van der Waals surface area (Å²) in [6, 6.07) is 27.3. The normalized spacial score (nSPS) is 14.0. The van der Waals surface area contributed by atoms with E-state index in [0.717, 1.165) is 28.8 Å². The molecule has 0 bridgehead atoms. The first-order valence-corrected chi connectivity index (χ1v) is 13.8. The first-order chi connectivity index (χ1) is 18.5. The molecular weight excluding hydrogens is 658 g/mol. The number of hydrogen-bond donors (Lipinski definition) is 0. The molecule has 0 saturated carbocycles. The molecule has 1 heterocycles. The van der Waals surface area contributed by atoms with Crippen LogP contribution in [0.4, 0.5) is 0 Å². The van der Waals surface area contributed by atoms with Crippen LogP contribution in [0.15, 0.2) is 97.3 Å². The lowest BCUT2D eigenvalue weighted by Gasteiger charge is -2.31. The number of nitrogens with zero attached hydrogens (tertiary/aromatic N) is 2. The lowest BCUT2D eigenvalue weighted by atomic mass is 10.1. The molecule has 4 aromatic carbocycles. The summed E-state index contributed by atoms with van der Waals surface area (Å²) < 4.78 is 12.4. The first kappa shape index (κ1) is 32.4. The zero-order valence-corrected chi connectivity index (χ0v) is 26.1. The van der Waals surface area contributed by atoms with E-state index in [1.807, 2.05) is 65.8 Å². The summed E-state index contributed by atoms with van der Waals surface area (Å²) in [6.45, 7) is 2.17. The van der Waals surface area contributed by atoms with E-state index in [4.69, 9.17) is 55.9 Å². The van der Waals surface area contributed by atoms with E-state index >= 15 is 0 Å². The van der Waals surface area contributed by atoms with Gasteiger partial charge in [0, 0.05) is 27.5 Å². The summed E-state index contributed by atoms with van der Waals surface area (Å²) in [5, 5.41) is 4.14. The summed E-state index contributed by atoms with van der Waals surface area (Å²) in [7, 11) is 0. The Morgan fingerprint density at radius 1 is 0.800 bits per heavy atom. The molecule has 10 heteroatoms. The zero-order valence-electron chi connectivity index (χ0n) is 21.4. The van der Waals surface area contributed by atoms with E-state index < -0.39 is 11.6 Å². The number of benzene rings is 4. The van der Waals surface area contributed by atoms with Gasteiger partial charge in [-0.25, -0.2) is 0 Å². The van der Waals surface area contributed by atoms with Gasteiger partial charge in [-0.3, -0.25) is 0 Å². The molecule has 1 aliphatic rings. The smallest absolute Gasteiger partial charge is 0.135 e. The molecule has 1 aliphatic heterocycles. The highest BCUT2D eigenvalue weighted by Crippen LogP contribution is 2.33. The molecule has 2 N–H and O–H groups in total. The second kappa shape index (κ2) is 15.2. The van der Waals surface area contributed by atoms with Crippen molar-refractivity contribution in [2.24, 2.45) is 0 Å². The van der Waals surface area contributed by atoms with Crippen molar-refractivity contribution in [1.82, 2.24) is 9.80 Å². The Kier molecular flexibility index (Phi) is 12.3. The number of halogens is 5. The molecule has 0 aliphatic carbocycles. The molecule has 4 aromatic rings. The Balaban J connectivity index is 0.00000220. The summed E-state index contributed by atoms with van der Waals surface area (Å²) in [4.78, 5) is 4.20. The van der Waals surface area contributed by atoms with Gasteiger partial charge in [0.1, 0.15) is 24.0 Å². The maximum Gasteiger partial charge on any atom is 0.135 e. The fourth-order valence-electron chi connectivity index (χ4n) is 4.31. The van der Waals surface area contributed by atoms with Crippen molar-refractivity contribution < 1.29 is 14.9 Å². The Morgan fingerprint density at radius 3 is 2.27 bits per heavy atom. The monoisotopic (exact) mass is 684 g/mol. The van der Waals surface area contributed by atoms with Crippen molar-refractivity contribution in [2.75, 3.05) is 19.8 Å². The van der Waals surface area contributed by atoms with Gasteiger partial charge in [-0.1, -0.05) is 94.9 Å². The van der Waals surface area contributed by atoms with E-state index in [2.05, 4.69) is 29.2 Å². The predicted octanol–water partition coefficient (Wildman–Crippen LogP) is 8.50. The van der Waals surface area contributed by atoms with Gasteiger partial charge in [-0.15, -0.1) is 17.0 Å². The molecule has 40 heavy (non-hydrogen) atoms. The zero-order chi connectivity index (χ0) is 26.5. The fraction of sp³-hybridized carbons (Fsp3) is 0.200. The minimum atomic E-state index is -0.468. The van der Waals surface area contributed by atoms with E-state index in [0.29, 0.717) is 28.3 Å². The second-order valence-corrected chi connectivity index (χ2v) is 10.7. The Labute approximate surface area is 264 Å². The van der Waals surface area contributed by atoms with Gasteiger partial charge < -0.3 is 24.7 Å². The van der Waals surface area contributed by atoms with Crippen LogP contribution in [0.2, 0.25) is 15.1 Å². The average molecular weight is 687 g/mol. The highest BCUT2D eigenvalue weighted by molar-refractivity contribution is 8.93. The van der Waals surface area contributed by atoms with Gasteiger partial charge in [0.25, 0.3) is 0 Å². The van der Waals surface area contributed by atoms with Gasteiger partial charge >= 0.3 is 0 Å². The van der Waals surface area contributed by atoms with Gasteiger partial charge in [0.15, 0.2) is 0 Å². The van der Waals surface area contributed by atoms with Gasteiger partial charge in [-0.05, 0) is 58.3 Å². The third-order valence-electron chi connectivity index (χ3n) is 6.38. The summed E-state index contributed by atoms with van der Waals surface area (Å²) in [6.07, 6.45) is 3.57. The Hall–Kier alpha value is -2.16. The topological polar surface area (TPSA) is 56.4 Å². The lowest BCUT2D eigenvalue weighted by molar-refractivity contribution is 0.00651. The first-order valence-electron chi connectivity index (χ1n) is 12.2. The molecule has 5 rings (SSSR count). The van der Waals surface area contributed by atoms with Crippen LogP contribution in [0.25, 0.3) is 10.8 Å². The average Bonchev–Trinajstić information content (AvgIpc) is 3.39. The number of hydrogen-bond acceptors (Lipinski definition) is 4. The number of rotatable bonds is 10. The van der Waals surface area contributed by atoms with Crippen LogP contribution in [0.1, 0.15) is 17.2 Å². The number of ether oxygens (including phenoxy) is 2. The Morgan fingerprint density at radius 2 is 1.52 bits per heavy atom. The molecule has 212 valence electrons. The highest BCUT2D eigenvalue weighted by atomic mass is 79.9. The molecule has 0 spiro atoms. The molecule has 0 radical (unpaired) electrons. The van der Waals surface area contributed by atoms with Crippen molar-refractivity contribution in [2.45, 2.75) is 18.2 Å². The van der Waals surface area contributed by atoms with Crippen molar-refractivity contribution in [3.05, 3.63) is 124 Å². The van der Waals surface area contributed by atoms with Crippen LogP contribution < -0.4 is 4.74 Å². The van der Waals surface area contributed by atoms with Crippen molar-refractivity contribution in [3.63, 3.8) is 0 Å². The minimum absolute atomic E-state index is 0. The fourth-order valence-corrected chi connectivity index (χ4v) is 5.24. The van der Waals surface area contributed by atoms with Gasteiger partial charge in [-0.2, -0.15) is 0 Å². The molecule has 0 fully saturated rings. The molecule has 0 saturated heterocycles. The van der Waals surface area contributed by atoms with Crippen molar-refractivity contribution >= 4 is 74.2 Å². The van der Waals surface area contributed by atoms with Crippen LogP contribution in [-0.2, 0) is 11.3 Å². The maximum atomic E-state index is 7.01. The van der Waals surface area contributed by atoms with E-state index in [9.17, 15) is 0 Å². The lowest BCUT2D eigenvalue weighted by Crippen LogP contribution is -2.36. The molecule has 0 aromatic heterocycles. The van der Waals surface area contributed by atoms with Gasteiger partial charge in [0.05, 0.1) is 19.8 Å². The number of fused-ring (bicyclic) bond motifs is 1. The largest absolute Gasteiger partial charge is 0.492 e. The third kappa shape index (κ3) is 8.20. The van der Waals surface area contributed by atoms with Crippen molar-refractivity contribution in [1.29, 1.82) is 0 Å². The summed E-state index contributed by atoms with van der Waals surface area (Å²) in [5.41, 5.74) is 1.29. The maximum absolute atomic E-state index is 7.01. The quantitative estimate of drug-likeness (QED) is 0.124.